The molecule has 3 heterocycles. The van der Waals surface area contributed by atoms with Gasteiger partial charge in [-0.3, -0.25) is 14.6 Å². The van der Waals surface area contributed by atoms with Crippen molar-refractivity contribution >= 4 is 11.8 Å². The van der Waals surface area contributed by atoms with E-state index in [2.05, 4.69) is 4.98 Å². The topological polar surface area (TPSA) is 72.0 Å². The molecule has 7 nitrogen and oxygen atoms in total. The number of amides is 2. The number of morpholine rings is 1. The van der Waals surface area contributed by atoms with Crippen LogP contribution in [0.2, 0.25) is 0 Å². The first-order valence-corrected chi connectivity index (χ1v) is 7.67. The Morgan fingerprint density at radius 3 is 3.00 bits per heavy atom. The number of ether oxygens (including phenoxy) is 2. The fourth-order valence-corrected chi connectivity index (χ4v) is 3.06. The van der Waals surface area contributed by atoms with Crippen molar-refractivity contribution in [3.63, 3.8) is 0 Å². The van der Waals surface area contributed by atoms with Gasteiger partial charge in [-0.1, -0.05) is 0 Å². The van der Waals surface area contributed by atoms with Crippen LogP contribution < -0.4 is 0 Å². The van der Waals surface area contributed by atoms with E-state index in [0.29, 0.717) is 38.4 Å². The van der Waals surface area contributed by atoms with Crippen molar-refractivity contribution in [3.8, 4) is 0 Å². The van der Waals surface area contributed by atoms with E-state index in [-0.39, 0.29) is 18.4 Å². The van der Waals surface area contributed by atoms with Crippen molar-refractivity contribution in [2.45, 2.75) is 12.5 Å². The number of aryl methyl sites for hydroxylation is 1. The summed E-state index contributed by atoms with van der Waals surface area (Å²) < 4.78 is 11.4. The standard InChI is InChI=1S/C16H21N3O4/c1-12-7-13(3-4-17-12)15(21)19-5-6-23-16(10-19)9-18(2)14(20)8-22-11-16/h3-4,7H,5-6,8-11H2,1-2H3. The molecule has 0 aromatic carbocycles. The lowest BCUT2D eigenvalue weighted by Crippen LogP contribution is -2.59. The summed E-state index contributed by atoms with van der Waals surface area (Å²) >= 11 is 0. The molecule has 0 aliphatic carbocycles. The maximum atomic E-state index is 12.7. The number of carbonyl (C=O) groups is 2. The molecule has 23 heavy (non-hydrogen) atoms. The second-order valence-corrected chi connectivity index (χ2v) is 6.19. The highest BCUT2D eigenvalue weighted by Crippen LogP contribution is 2.23. The zero-order valence-corrected chi connectivity index (χ0v) is 13.4. The van der Waals surface area contributed by atoms with Gasteiger partial charge >= 0.3 is 0 Å². The summed E-state index contributed by atoms with van der Waals surface area (Å²) in [5, 5.41) is 0. The first-order chi connectivity index (χ1) is 11.0. The first-order valence-electron chi connectivity index (χ1n) is 7.67. The fourth-order valence-electron chi connectivity index (χ4n) is 3.06. The molecule has 1 spiro atoms. The molecule has 2 fully saturated rings. The number of rotatable bonds is 1. The van der Waals surface area contributed by atoms with Crippen LogP contribution in [0.1, 0.15) is 16.1 Å². The molecule has 2 amide bonds. The molecule has 3 rings (SSSR count). The highest BCUT2D eigenvalue weighted by molar-refractivity contribution is 5.94. The Balaban J connectivity index is 1.77. The Bertz CT molecular complexity index is 621. The van der Waals surface area contributed by atoms with Gasteiger partial charge in [0.25, 0.3) is 5.91 Å². The van der Waals surface area contributed by atoms with Crippen LogP contribution in [0.15, 0.2) is 18.3 Å². The van der Waals surface area contributed by atoms with E-state index in [9.17, 15) is 9.59 Å². The molecule has 2 aliphatic rings. The second kappa shape index (κ2) is 6.25. The largest absolute Gasteiger partial charge is 0.368 e. The average Bonchev–Trinajstić information content (AvgIpc) is 2.66. The lowest BCUT2D eigenvalue weighted by Gasteiger charge is -2.42. The van der Waals surface area contributed by atoms with E-state index in [1.165, 1.54) is 0 Å². The number of hydrogen-bond donors (Lipinski definition) is 0. The van der Waals surface area contributed by atoms with E-state index in [4.69, 9.17) is 9.47 Å². The predicted octanol–water partition coefficient (Wildman–Crippen LogP) is 0.0898. The van der Waals surface area contributed by atoms with Crippen molar-refractivity contribution in [2.75, 3.05) is 46.5 Å². The average molecular weight is 319 g/mol. The zero-order valence-electron chi connectivity index (χ0n) is 13.4. The van der Waals surface area contributed by atoms with E-state index < -0.39 is 5.60 Å². The molecule has 0 N–H and O–H groups in total. The zero-order chi connectivity index (χ0) is 16.4. The molecule has 124 valence electrons. The van der Waals surface area contributed by atoms with Crippen LogP contribution in [0.3, 0.4) is 0 Å². The van der Waals surface area contributed by atoms with Gasteiger partial charge in [-0.2, -0.15) is 0 Å². The molecular formula is C16H21N3O4. The number of aromatic nitrogens is 1. The molecule has 1 unspecified atom stereocenters. The Morgan fingerprint density at radius 2 is 2.22 bits per heavy atom. The summed E-state index contributed by atoms with van der Waals surface area (Å²) in [5.41, 5.74) is 0.771. The SMILES string of the molecule is Cc1cc(C(=O)N2CCOC3(COCC(=O)N(C)C3)C2)ccn1. The van der Waals surface area contributed by atoms with E-state index in [1.54, 1.807) is 35.2 Å². The van der Waals surface area contributed by atoms with E-state index >= 15 is 0 Å². The highest BCUT2D eigenvalue weighted by Gasteiger charge is 2.42. The van der Waals surface area contributed by atoms with Crippen molar-refractivity contribution in [2.24, 2.45) is 0 Å². The van der Waals surface area contributed by atoms with Gasteiger partial charge < -0.3 is 19.3 Å². The van der Waals surface area contributed by atoms with Gasteiger partial charge in [-0.25, -0.2) is 0 Å². The van der Waals surface area contributed by atoms with Gasteiger partial charge in [0, 0.05) is 31.0 Å². The number of hydrogen-bond acceptors (Lipinski definition) is 5. The summed E-state index contributed by atoms with van der Waals surface area (Å²) in [4.78, 5) is 32.0. The van der Waals surface area contributed by atoms with E-state index in [1.807, 2.05) is 6.92 Å². The molecule has 0 bridgehead atoms. The highest BCUT2D eigenvalue weighted by atomic mass is 16.5. The fraction of sp³-hybridized carbons (Fsp3) is 0.562. The normalized spacial score (nSPS) is 25.6. The third kappa shape index (κ3) is 3.35. The lowest BCUT2D eigenvalue weighted by atomic mass is 10.0. The minimum atomic E-state index is -0.656. The summed E-state index contributed by atoms with van der Waals surface area (Å²) in [5.74, 6) is -0.116. The second-order valence-electron chi connectivity index (χ2n) is 6.19. The third-order valence-corrected chi connectivity index (χ3v) is 4.22. The number of likely N-dealkylation sites (N-methyl/N-ethyl adjacent to an activating group) is 1. The van der Waals surface area contributed by atoms with Gasteiger partial charge in [0.15, 0.2) is 0 Å². The van der Waals surface area contributed by atoms with Gasteiger partial charge in [-0.15, -0.1) is 0 Å². The minimum absolute atomic E-state index is 0.0450. The van der Waals surface area contributed by atoms with Gasteiger partial charge in [0.1, 0.15) is 12.2 Å². The smallest absolute Gasteiger partial charge is 0.254 e. The van der Waals surface area contributed by atoms with Gasteiger partial charge in [-0.05, 0) is 19.1 Å². The van der Waals surface area contributed by atoms with E-state index in [0.717, 1.165) is 5.69 Å². The maximum absolute atomic E-state index is 12.7. The van der Waals surface area contributed by atoms with Crippen LogP contribution in [0.4, 0.5) is 0 Å². The molecule has 2 aliphatic heterocycles. The van der Waals surface area contributed by atoms with Crippen molar-refractivity contribution in [3.05, 3.63) is 29.6 Å². The number of nitrogens with zero attached hydrogens (tertiary/aromatic N) is 3. The first kappa shape index (κ1) is 15.9. The monoisotopic (exact) mass is 319 g/mol. The van der Waals surface area contributed by atoms with Crippen LogP contribution >= 0.6 is 0 Å². The van der Waals surface area contributed by atoms with Crippen molar-refractivity contribution in [1.29, 1.82) is 0 Å². The van der Waals surface area contributed by atoms with Crippen LogP contribution in [-0.2, 0) is 14.3 Å². The minimum Gasteiger partial charge on any atom is -0.368 e. The Labute approximate surface area is 135 Å². The molecule has 1 aromatic rings. The Kier molecular flexibility index (Phi) is 4.32. The third-order valence-electron chi connectivity index (χ3n) is 4.22. The van der Waals surface area contributed by atoms with Gasteiger partial charge in [0.05, 0.1) is 26.3 Å². The number of carbonyl (C=O) groups excluding carboxylic acids is 2. The molecule has 1 aromatic heterocycles. The maximum Gasteiger partial charge on any atom is 0.254 e. The molecule has 7 heteroatoms. The molecule has 0 saturated carbocycles. The van der Waals surface area contributed by atoms with Crippen LogP contribution in [0.25, 0.3) is 0 Å². The summed E-state index contributed by atoms with van der Waals surface area (Å²) in [6.07, 6.45) is 1.64. The Hall–Kier alpha value is -1.99. The quantitative estimate of drug-likeness (QED) is 0.733. The van der Waals surface area contributed by atoms with Gasteiger partial charge in [0.2, 0.25) is 5.91 Å². The van der Waals surface area contributed by atoms with Crippen LogP contribution in [0, 0.1) is 6.92 Å². The van der Waals surface area contributed by atoms with Crippen molar-refractivity contribution < 1.29 is 19.1 Å². The number of pyridine rings is 1. The van der Waals surface area contributed by atoms with Crippen LogP contribution in [-0.4, -0.2) is 78.7 Å². The molecule has 1 atom stereocenters. The summed E-state index contributed by atoms with van der Waals surface area (Å²) in [7, 11) is 1.73. The summed E-state index contributed by atoms with van der Waals surface area (Å²) in [6, 6.07) is 3.50. The summed E-state index contributed by atoms with van der Waals surface area (Å²) in [6.45, 7) is 4.01. The molecular weight excluding hydrogens is 298 g/mol. The lowest BCUT2D eigenvalue weighted by molar-refractivity contribution is -0.135. The van der Waals surface area contributed by atoms with Crippen LogP contribution in [0.5, 0.6) is 0 Å². The molecule has 0 radical (unpaired) electrons. The Morgan fingerprint density at radius 1 is 1.39 bits per heavy atom. The predicted molar refractivity (Wildman–Crippen MR) is 82.0 cm³/mol. The molecule has 2 saturated heterocycles. The van der Waals surface area contributed by atoms with Crippen molar-refractivity contribution in [1.82, 2.24) is 14.8 Å².